The van der Waals surface area contributed by atoms with Crippen molar-refractivity contribution in [3.05, 3.63) is 72.3 Å². The van der Waals surface area contributed by atoms with Crippen molar-refractivity contribution in [3.63, 3.8) is 0 Å². The second-order valence-corrected chi connectivity index (χ2v) is 7.88. The summed E-state index contributed by atoms with van der Waals surface area (Å²) >= 11 is 0. The van der Waals surface area contributed by atoms with Crippen LogP contribution in [0.2, 0.25) is 0 Å². The Bertz CT molecular complexity index is 826. The summed E-state index contributed by atoms with van der Waals surface area (Å²) in [6, 6.07) is 14.5. The molecule has 0 radical (unpaired) electrons. The van der Waals surface area contributed by atoms with Crippen molar-refractivity contribution in [1.29, 1.82) is 0 Å². The lowest BCUT2D eigenvalue weighted by Crippen LogP contribution is -2.55. The highest BCUT2D eigenvalue weighted by Crippen LogP contribution is 2.39. The molecule has 0 N–H and O–H groups in total. The summed E-state index contributed by atoms with van der Waals surface area (Å²) in [6.07, 6.45) is 1.71. The van der Waals surface area contributed by atoms with E-state index in [4.69, 9.17) is 4.74 Å². The molecular weight excluding hydrogens is 322 g/mol. The number of sulfonamides is 1. The highest BCUT2D eigenvalue weighted by Gasteiger charge is 2.45. The minimum absolute atomic E-state index is 0.119. The second kappa shape index (κ2) is 6.42. The maximum absolute atomic E-state index is 12.8. The fraction of sp³-hybridized carbons (Fsp3) is 0.263. The summed E-state index contributed by atoms with van der Waals surface area (Å²) in [7, 11) is -1.87. The topological polar surface area (TPSA) is 46.6 Å². The molecule has 2 aromatic rings. The minimum Gasteiger partial charge on any atom is -0.497 e. The zero-order chi connectivity index (χ0) is 17.3. The van der Waals surface area contributed by atoms with Gasteiger partial charge in [-0.05, 0) is 36.8 Å². The fourth-order valence-corrected chi connectivity index (χ4v) is 4.69. The molecule has 2 aromatic carbocycles. The van der Waals surface area contributed by atoms with E-state index in [1.807, 2.05) is 43.3 Å². The van der Waals surface area contributed by atoms with Gasteiger partial charge in [-0.25, -0.2) is 8.42 Å². The molecule has 2 atom stereocenters. The van der Waals surface area contributed by atoms with Crippen LogP contribution in [0.1, 0.15) is 17.0 Å². The van der Waals surface area contributed by atoms with Crippen molar-refractivity contribution in [1.82, 2.24) is 4.31 Å². The third-order valence-electron chi connectivity index (χ3n) is 4.53. The molecule has 0 saturated carbocycles. The van der Waals surface area contributed by atoms with Crippen LogP contribution in [0.4, 0.5) is 0 Å². The monoisotopic (exact) mass is 343 g/mol. The van der Waals surface area contributed by atoms with Crippen LogP contribution in [0.15, 0.2) is 66.1 Å². The van der Waals surface area contributed by atoms with Gasteiger partial charge in [-0.2, -0.15) is 4.31 Å². The van der Waals surface area contributed by atoms with E-state index in [1.54, 1.807) is 25.3 Å². The number of ether oxygens (including phenoxy) is 1. The first-order valence-corrected chi connectivity index (χ1v) is 9.26. The molecule has 0 bridgehead atoms. The van der Waals surface area contributed by atoms with Crippen molar-refractivity contribution in [2.24, 2.45) is 0 Å². The van der Waals surface area contributed by atoms with Gasteiger partial charge in [-0.1, -0.05) is 35.9 Å². The van der Waals surface area contributed by atoms with Crippen molar-refractivity contribution in [2.45, 2.75) is 23.8 Å². The maximum atomic E-state index is 12.8. The molecule has 5 heteroatoms. The minimum atomic E-state index is -3.50. The van der Waals surface area contributed by atoms with Gasteiger partial charge in [0.1, 0.15) is 5.75 Å². The summed E-state index contributed by atoms with van der Waals surface area (Å²) in [5.74, 6) is 0.908. The molecule has 0 spiro atoms. The molecular formula is C19H21NO3S. The number of aryl methyl sites for hydroxylation is 1. The predicted molar refractivity (Wildman–Crippen MR) is 94.8 cm³/mol. The molecule has 1 fully saturated rings. The Hall–Kier alpha value is -2.11. The van der Waals surface area contributed by atoms with Gasteiger partial charge in [-0.3, -0.25) is 0 Å². The number of rotatable bonds is 5. The molecule has 0 amide bonds. The first kappa shape index (κ1) is 16.7. The summed E-state index contributed by atoms with van der Waals surface area (Å²) in [5, 5.41) is 0. The van der Waals surface area contributed by atoms with E-state index in [0.29, 0.717) is 11.4 Å². The molecule has 1 saturated heterocycles. The predicted octanol–water partition coefficient (Wildman–Crippen LogP) is 3.35. The molecule has 3 rings (SSSR count). The quantitative estimate of drug-likeness (QED) is 0.782. The second-order valence-electron chi connectivity index (χ2n) is 5.99. The Kier molecular flexibility index (Phi) is 4.47. The number of hydrogen-bond acceptors (Lipinski definition) is 3. The van der Waals surface area contributed by atoms with E-state index < -0.39 is 10.0 Å². The highest BCUT2D eigenvalue weighted by molar-refractivity contribution is 7.89. The van der Waals surface area contributed by atoms with Crippen LogP contribution in [-0.4, -0.2) is 32.4 Å². The van der Waals surface area contributed by atoms with Crippen LogP contribution in [0.25, 0.3) is 0 Å². The Balaban J connectivity index is 1.83. The molecule has 126 valence electrons. The average molecular weight is 343 g/mol. The molecule has 24 heavy (non-hydrogen) atoms. The number of hydrogen-bond donors (Lipinski definition) is 0. The smallest absolute Gasteiger partial charge is 0.243 e. The Labute approximate surface area is 143 Å². The fourth-order valence-electron chi connectivity index (χ4n) is 3.03. The molecule has 1 aliphatic rings. The Morgan fingerprint density at radius 2 is 1.75 bits per heavy atom. The molecule has 0 unspecified atom stereocenters. The van der Waals surface area contributed by atoms with Crippen molar-refractivity contribution in [3.8, 4) is 5.75 Å². The summed E-state index contributed by atoms with van der Waals surface area (Å²) in [5.41, 5.74) is 2.13. The van der Waals surface area contributed by atoms with E-state index in [0.717, 1.165) is 16.9 Å². The Morgan fingerprint density at radius 1 is 1.12 bits per heavy atom. The van der Waals surface area contributed by atoms with E-state index in [2.05, 4.69) is 6.58 Å². The lowest BCUT2D eigenvalue weighted by molar-refractivity contribution is 0.199. The average Bonchev–Trinajstić information content (AvgIpc) is 2.55. The van der Waals surface area contributed by atoms with Crippen LogP contribution in [-0.2, 0) is 10.0 Å². The zero-order valence-corrected chi connectivity index (χ0v) is 14.7. The van der Waals surface area contributed by atoms with Gasteiger partial charge in [0.05, 0.1) is 18.0 Å². The zero-order valence-electron chi connectivity index (χ0n) is 13.8. The maximum Gasteiger partial charge on any atom is 0.243 e. The summed E-state index contributed by atoms with van der Waals surface area (Å²) in [6.45, 7) is 6.23. The lowest BCUT2D eigenvalue weighted by Gasteiger charge is -2.45. The third kappa shape index (κ3) is 2.85. The van der Waals surface area contributed by atoms with Crippen molar-refractivity contribution < 1.29 is 13.2 Å². The van der Waals surface area contributed by atoms with Gasteiger partial charge in [0.15, 0.2) is 0 Å². The van der Waals surface area contributed by atoms with Crippen molar-refractivity contribution >= 4 is 10.0 Å². The SMILES string of the molecule is C=C[C@@H]1[C@H](c2ccc(OC)cc2)CN1S(=O)(=O)c1ccc(C)cc1. The number of benzene rings is 2. The van der Waals surface area contributed by atoms with Gasteiger partial charge in [0.2, 0.25) is 10.0 Å². The third-order valence-corrected chi connectivity index (χ3v) is 6.41. The normalized spacial score (nSPS) is 21.1. The van der Waals surface area contributed by atoms with E-state index >= 15 is 0 Å². The summed E-state index contributed by atoms with van der Waals surface area (Å²) < 4.78 is 32.3. The van der Waals surface area contributed by atoms with Gasteiger partial charge in [0, 0.05) is 12.5 Å². The van der Waals surface area contributed by atoms with Crippen LogP contribution in [0.5, 0.6) is 5.75 Å². The first-order chi connectivity index (χ1) is 11.5. The lowest BCUT2D eigenvalue weighted by atomic mass is 9.85. The molecule has 4 nitrogen and oxygen atoms in total. The largest absolute Gasteiger partial charge is 0.497 e. The van der Waals surface area contributed by atoms with Crippen molar-refractivity contribution in [2.75, 3.05) is 13.7 Å². The number of methoxy groups -OCH3 is 1. The van der Waals surface area contributed by atoms with Crippen LogP contribution in [0, 0.1) is 6.92 Å². The Morgan fingerprint density at radius 3 is 2.29 bits per heavy atom. The van der Waals surface area contributed by atoms with Gasteiger partial charge >= 0.3 is 0 Å². The van der Waals surface area contributed by atoms with E-state index in [9.17, 15) is 8.42 Å². The van der Waals surface area contributed by atoms with Crippen LogP contribution >= 0.6 is 0 Å². The van der Waals surface area contributed by atoms with Gasteiger partial charge in [0.25, 0.3) is 0 Å². The van der Waals surface area contributed by atoms with Crippen LogP contribution in [0.3, 0.4) is 0 Å². The first-order valence-electron chi connectivity index (χ1n) is 7.82. The highest BCUT2D eigenvalue weighted by atomic mass is 32.2. The molecule has 1 heterocycles. The molecule has 0 aromatic heterocycles. The summed E-state index contributed by atoms with van der Waals surface area (Å²) in [4.78, 5) is 0.327. The van der Waals surface area contributed by atoms with E-state index in [1.165, 1.54) is 4.31 Å². The molecule has 1 aliphatic heterocycles. The number of nitrogens with zero attached hydrogens (tertiary/aromatic N) is 1. The van der Waals surface area contributed by atoms with Gasteiger partial charge in [-0.15, -0.1) is 6.58 Å². The van der Waals surface area contributed by atoms with E-state index in [-0.39, 0.29) is 12.0 Å². The van der Waals surface area contributed by atoms with Crippen LogP contribution < -0.4 is 4.74 Å². The standard InChI is InChI=1S/C19H21NO3S/c1-4-19-18(15-7-9-16(23-3)10-8-15)13-20(19)24(21,22)17-11-5-14(2)6-12-17/h4-12,18-19H,1,13H2,2-3H3/t18-,19+/m0/s1. The van der Waals surface area contributed by atoms with Gasteiger partial charge < -0.3 is 4.74 Å². The molecule has 0 aliphatic carbocycles.